The molecule has 0 amide bonds. The van der Waals surface area contributed by atoms with Crippen LogP contribution in [0.15, 0.2) is 0 Å². The molecule has 0 aromatic heterocycles. The Balaban J connectivity index is 1.96. The quantitative estimate of drug-likeness (QED) is 0.783. The molecule has 0 aromatic rings. The van der Waals surface area contributed by atoms with E-state index in [1.165, 1.54) is 0 Å². The summed E-state index contributed by atoms with van der Waals surface area (Å²) in [5, 5.41) is 8.92. The molecule has 1 N–H and O–H groups in total. The van der Waals surface area contributed by atoms with Crippen molar-refractivity contribution in [2.45, 2.75) is 31.8 Å². The number of carboxylic acid groups (broad SMARTS) is 1. The second kappa shape index (κ2) is 5.80. The summed E-state index contributed by atoms with van der Waals surface area (Å²) in [5.41, 5.74) is 0. The van der Waals surface area contributed by atoms with Crippen molar-refractivity contribution >= 4 is 5.97 Å². The molecule has 3 unspecified atom stereocenters. The van der Waals surface area contributed by atoms with Crippen molar-refractivity contribution in [2.24, 2.45) is 5.92 Å². The van der Waals surface area contributed by atoms with Crippen molar-refractivity contribution < 1.29 is 19.4 Å². The van der Waals surface area contributed by atoms with E-state index < -0.39 is 5.97 Å². The van der Waals surface area contributed by atoms with Crippen LogP contribution in [-0.4, -0.2) is 61.0 Å². The Hall–Kier alpha value is -0.650. The van der Waals surface area contributed by atoms with Gasteiger partial charge in [0, 0.05) is 25.2 Å². The monoisotopic (exact) mass is 243 g/mol. The zero-order valence-corrected chi connectivity index (χ0v) is 10.3. The molecular formula is C12H21NO4. The van der Waals surface area contributed by atoms with Crippen LogP contribution in [0.25, 0.3) is 0 Å². The van der Waals surface area contributed by atoms with Gasteiger partial charge in [0.05, 0.1) is 26.2 Å². The first-order chi connectivity index (χ1) is 8.18. The zero-order chi connectivity index (χ0) is 12.3. The fourth-order valence-electron chi connectivity index (χ4n) is 2.79. The lowest BCUT2D eigenvalue weighted by molar-refractivity contribution is -0.141. The number of ether oxygens (including phenoxy) is 2. The van der Waals surface area contributed by atoms with Crippen LogP contribution >= 0.6 is 0 Å². The van der Waals surface area contributed by atoms with Crippen molar-refractivity contribution in [3.05, 3.63) is 0 Å². The Morgan fingerprint density at radius 3 is 2.82 bits per heavy atom. The number of nitrogens with zero attached hydrogens (tertiary/aromatic N) is 1. The largest absolute Gasteiger partial charge is 0.481 e. The molecule has 0 aromatic carbocycles. The summed E-state index contributed by atoms with van der Waals surface area (Å²) in [6.45, 7) is 5.88. The highest BCUT2D eigenvalue weighted by Crippen LogP contribution is 2.24. The Morgan fingerprint density at radius 1 is 1.41 bits per heavy atom. The molecule has 2 saturated heterocycles. The Labute approximate surface area is 102 Å². The van der Waals surface area contributed by atoms with Crippen molar-refractivity contribution in [3.63, 3.8) is 0 Å². The minimum Gasteiger partial charge on any atom is -0.481 e. The highest BCUT2D eigenvalue weighted by molar-refractivity contribution is 5.67. The molecule has 0 bridgehead atoms. The molecule has 0 saturated carbocycles. The van der Waals surface area contributed by atoms with E-state index in [2.05, 4.69) is 11.8 Å². The van der Waals surface area contributed by atoms with Gasteiger partial charge in [-0.05, 0) is 19.3 Å². The van der Waals surface area contributed by atoms with Gasteiger partial charge in [-0.1, -0.05) is 0 Å². The van der Waals surface area contributed by atoms with Gasteiger partial charge >= 0.3 is 5.97 Å². The van der Waals surface area contributed by atoms with Crippen LogP contribution < -0.4 is 0 Å². The maximum absolute atomic E-state index is 10.9. The smallest absolute Gasteiger partial charge is 0.305 e. The van der Waals surface area contributed by atoms with E-state index in [0.29, 0.717) is 25.2 Å². The van der Waals surface area contributed by atoms with Crippen molar-refractivity contribution in [2.75, 3.05) is 33.0 Å². The van der Waals surface area contributed by atoms with Crippen LogP contribution in [0.2, 0.25) is 0 Å². The first-order valence-electron chi connectivity index (χ1n) is 6.31. The molecule has 2 aliphatic heterocycles. The Bertz CT molecular complexity index is 265. The SMILES string of the molecule is CC(C1CCOC1)N1CCOCC1CC(=O)O. The highest BCUT2D eigenvalue weighted by Gasteiger charge is 2.34. The normalized spacial score (nSPS) is 32.5. The summed E-state index contributed by atoms with van der Waals surface area (Å²) in [7, 11) is 0. The van der Waals surface area contributed by atoms with E-state index >= 15 is 0 Å². The van der Waals surface area contributed by atoms with Crippen LogP contribution in [0.1, 0.15) is 19.8 Å². The first-order valence-corrected chi connectivity index (χ1v) is 6.31. The van der Waals surface area contributed by atoms with Crippen LogP contribution in [0.4, 0.5) is 0 Å². The summed E-state index contributed by atoms with van der Waals surface area (Å²) in [4.78, 5) is 13.1. The number of aliphatic carboxylic acids is 1. The fraction of sp³-hybridized carbons (Fsp3) is 0.917. The summed E-state index contributed by atoms with van der Waals surface area (Å²) >= 11 is 0. The molecule has 0 radical (unpaired) electrons. The van der Waals surface area contributed by atoms with Crippen LogP contribution in [0.5, 0.6) is 0 Å². The molecule has 5 nitrogen and oxygen atoms in total. The maximum atomic E-state index is 10.9. The standard InChI is InChI=1S/C12H21NO4/c1-9(10-2-4-16-7-10)13-3-5-17-8-11(13)6-12(14)15/h9-11H,2-8H2,1H3,(H,14,15). The van der Waals surface area contributed by atoms with Gasteiger partial charge in [-0.15, -0.1) is 0 Å². The molecule has 98 valence electrons. The van der Waals surface area contributed by atoms with E-state index in [9.17, 15) is 4.79 Å². The molecule has 17 heavy (non-hydrogen) atoms. The Kier molecular flexibility index (Phi) is 4.36. The third kappa shape index (κ3) is 3.18. The highest BCUT2D eigenvalue weighted by atomic mass is 16.5. The average molecular weight is 243 g/mol. The number of hydrogen-bond acceptors (Lipinski definition) is 4. The van der Waals surface area contributed by atoms with Gasteiger partial charge in [0.15, 0.2) is 0 Å². The minimum absolute atomic E-state index is 0.0110. The number of carbonyl (C=O) groups is 1. The first kappa shape index (κ1) is 12.8. The summed E-state index contributed by atoms with van der Waals surface area (Å²) in [6.07, 6.45) is 1.25. The lowest BCUT2D eigenvalue weighted by Crippen LogP contribution is -2.52. The van der Waals surface area contributed by atoms with Gasteiger partial charge in [-0.3, -0.25) is 9.69 Å². The molecule has 2 heterocycles. The van der Waals surface area contributed by atoms with Crippen molar-refractivity contribution in [1.82, 2.24) is 4.90 Å². The molecule has 5 heteroatoms. The number of rotatable bonds is 4. The molecule has 0 aliphatic carbocycles. The minimum atomic E-state index is -0.750. The van der Waals surface area contributed by atoms with Crippen LogP contribution in [-0.2, 0) is 14.3 Å². The number of hydrogen-bond donors (Lipinski definition) is 1. The topological polar surface area (TPSA) is 59.0 Å². The van der Waals surface area contributed by atoms with Crippen LogP contribution in [0.3, 0.4) is 0 Å². The second-order valence-corrected chi connectivity index (χ2v) is 4.93. The van der Waals surface area contributed by atoms with Crippen molar-refractivity contribution in [1.29, 1.82) is 0 Å². The Morgan fingerprint density at radius 2 is 2.18 bits per heavy atom. The average Bonchev–Trinajstić information content (AvgIpc) is 2.81. The molecule has 2 rings (SSSR count). The van der Waals surface area contributed by atoms with Gasteiger partial charge in [-0.25, -0.2) is 0 Å². The summed E-state index contributed by atoms with van der Waals surface area (Å²) in [6, 6.07) is 0.391. The maximum Gasteiger partial charge on any atom is 0.305 e. The second-order valence-electron chi connectivity index (χ2n) is 4.93. The van der Waals surface area contributed by atoms with Crippen molar-refractivity contribution in [3.8, 4) is 0 Å². The number of morpholine rings is 1. The van der Waals surface area contributed by atoms with Gasteiger partial charge in [-0.2, -0.15) is 0 Å². The van der Waals surface area contributed by atoms with E-state index in [1.54, 1.807) is 0 Å². The molecule has 2 fully saturated rings. The predicted octanol–water partition coefficient (Wildman–Crippen LogP) is 0.587. The zero-order valence-electron chi connectivity index (χ0n) is 10.3. The third-order valence-corrected chi connectivity index (χ3v) is 3.85. The van der Waals surface area contributed by atoms with Gasteiger partial charge in [0.25, 0.3) is 0 Å². The van der Waals surface area contributed by atoms with E-state index in [1.807, 2.05) is 0 Å². The van der Waals surface area contributed by atoms with Gasteiger partial charge in [0.1, 0.15) is 0 Å². The molecule has 3 atom stereocenters. The fourth-order valence-corrected chi connectivity index (χ4v) is 2.79. The van der Waals surface area contributed by atoms with Gasteiger partial charge < -0.3 is 14.6 Å². The molecule has 2 aliphatic rings. The number of carboxylic acids is 1. The van der Waals surface area contributed by atoms with E-state index in [0.717, 1.165) is 26.2 Å². The van der Waals surface area contributed by atoms with Crippen LogP contribution in [0, 0.1) is 5.92 Å². The summed E-state index contributed by atoms with van der Waals surface area (Å²) < 4.78 is 10.8. The lowest BCUT2D eigenvalue weighted by atomic mass is 9.96. The third-order valence-electron chi connectivity index (χ3n) is 3.85. The summed E-state index contributed by atoms with van der Waals surface area (Å²) in [5.74, 6) is -0.218. The molecular weight excluding hydrogens is 222 g/mol. The van der Waals surface area contributed by atoms with E-state index in [-0.39, 0.29) is 12.5 Å². The lowest BCUT2D eigenvalue weighted by Gasteiger charge is -2.41. The van der Waals surface area contributed by atoms with Gasteiger partial charge in [0.2, 0.25) is 0 Å². The predicted molar refractivity (Wildman–Crippen MR) is 62.0 cm³/mol. The molecule has 0 spiro atoms. The van der Waals surface area contributed by atoms with E-state index in [4.69, 9.17) is 14.6 Å².